The Morgan fingerprint density at radius 3 is 2.11 bits per heavy atom. The second-order valence-electron chi connectivity index (χ2n) is 7.11. The Morgan fingerprint density at radius 1 is 0.821 bits per heavy atom. The van der Waals surface area contributed by atoms with Crippen molar-refractivity contribution in [3.63, 3.8) is 0 Å². The quantitative estimate of drug-likeness (QED) is 0.670. The Kier molecular flexibility index (Phi) is 5.06. The standard InChI is InChI=1S/C21H23FN6/c1-14-10-15(2)12-18(11-14)24-20-25-19(23-17-7-5-6-16(22)13-17)26-21(27-20)28-8-3-4-9-28/h5-7,10-13H,3-4,8-9H2,1-2H3,(H2,23,24,25,26,27). The Labute approximate surface area is 163 Å². The highest BCUT2D eigenvalue weighted by Crippen LogP contribution is 2.23. The molecule has 1 aliphatic heterocycles. The lowest BCUT2D eigenvalue weighted by Crippen LogP contribution is -2.21. The fourth-order valence-corrected chi connectivity index (χ4v) is 3.41. The van der Waals surface area contributed by atoms with Crippen molar-refractivity contribution in [1.82, 2.24) is 15.0 Å². The zero-order valence-electron chi connectivity index (χ0n) is 16.0. The predicted octanol–water partition coefficient (Wildman–Crippen LogP) is 4.71. The van der Waals surface area contributed by atoms with E-state index in [1.807, 2.05) is 12.1 Å². The zero-order valence-corrected chi connectivity index (χ0v) is 16.0. The number of aromatic nitrogens is 3. The molecule has 0 amide bonds. The van der Waals surface area contributed by atoms with Crippen LogP contribution in [-0.4, -0.2) is 28.0 Å². The predicted molar refractivity (Wildman–Crippen MR) is 110 cm³/mol. The molecule has 6 nitrogen and oxygen atoms in total. The van der Waals surface area contributed by atoms with E-state index in [4.69, 9.17) is 0 Å². The maximum atomic E-state index is 13.5. The van der Waals surface area contributed by atoms with Gasteiger partial charge in [0.2, 0.25) is 17.8 Å². The van der Waals surface area contributed by atoms with Gasteiger partial charge in [0.15, 0.2) is 0 Å². The minimum atomic E-state index is -0.313. The van der Waals surface area contributed by atoms with E-state index in [-0.39, 0.29) is 5.82 Å². The maximum absolute atomic E-state index is 13.5. The molecule has 3 aromatic rings. The number of halogens is 1. The first-order valence-corrected chi connectivity index (χ1v) is 9.44. The van der Waals surface area contributed by atoms with Crippen LogP contribution in [0.3, 0.4) is 0 Å². The molecule has 1 saturated heterocycles. The van der Waals surface area contributed by atoms with Gasteiger partial charge in [-0.3, -0.25) is 0 Å². The van der Waals surface area contributed by atoms with Gasteiger partial charge in [-0.1, -0.05) is 12.1 Å². The van der Waals surface area contributed by atoms with E-state index < -0.39 is 0 Å². The molecule has 144 valence electrons. The summed E-state index contributed by atoms with van der Waals surface area (Å²) in [5, 5.41) is 6.37. The van der Waals surface area contributed by atoms with E-state index in [9.17, 15) is 4.39 Å². The Balaban J connectivity index is 1.67. The number of rotatable bonds is 5. The van der Waals surface area contributed by atoms with E-state index in [1.165, 1.54) is 12.1 Å². The third-order valence-electron chi connectivity index (χ3n) is 4.57. The molecule has 2 heterocycles. The molecule has 1 aromatic heterocycles. The summed E-state index contributed by atoms with van der Waals surface area (Å²) in [5.74, 6) is 1.15. The topological polar surface area (TPSA) is 66.0 Å². The number of nitrogens with one attached hydrogen (secondary N) is 2. The normalized spacial score (nSPS) is 13.6. The lowest BCUT2D eigenvalue weighted by Gasteiger charge is -2.17. The first kappa shape index (κ1) is 18.2. The average Bonchev–Trinajstić information content (AvgIpc) is 3.15. The summed E-state index contributed by atoms with van der Waals surface area (Å²) < 4.78 is 13.5. The van der Waals surface area contributed by atoms with Crippen LogP contribution in [0.4, 0.5) is 33.6 Å². The number of nitrogens with zero attached hydrogens (tertiary/aromatic N) is 4. The van der Waals surface area contributed by atoms with Crippen LogP contribution >= 0.6 is 0 Å². The van der Waals surface area contributed by atoms with Gasteiger partial charge >= 0.3 is 0 Å². The largest absolute Gasteiger partial charge is 0.341 e. The van der Waals surface area contributed by atoms with E-state index in [1.54, 1.807) is 12.1 Å². The summed E-state index contributed by atoms with van der Waals surface area (Å²) >= 11 is 0. The molecule has 0 spiro atoms. The summed E-state index contributed by atoms with van der Waals surface area (Å²) in [4.78, 5) is 15.8. The summed E-state index contributed by atoms with van der Waals surface area (Å²) in [7, 11) is 0. The number of aryl methyl sites for hydroxylation is 2. The third kappa shape index (κ3) is 4.36. The average molecular weight is 378 g/mol. The van der Waals surface area contributed by atoms with E-state index in [0.29, 0.717) is 23.5 Å². The molecule has 2 N–H and O–H groups in total. The van der Waals surface area contributed by atoms with Crippen LogP contribution in [0.15, 0.2) is 42.5 Å². The minimum absolute atomic E-state index is 0.313. The molecular weight excluding hydrogens is 355 g/mol. The molecule has 0 bridgehead atoms. The molecule has 7 heteroatoms. The van der Waals surface area contributed by atoms with Crippen LogP contribution < -0.4 is 15.5 Å². The lowest BCUT2D eigenvalue weighted by molar-refractivity contribution is 0.628. The molecule has 4 rings (SSSR count). The second-order valence-corrected chi connectivity index (χ2v) is 7.11. The van der Waals surface area contributed by atoms with Gasteiger partial charge in [0.05, 0.1) is 0 Å². The second kappa shape index (κ2) is 7.80. The van der Waals surface area contributed by atoms with Gasteiger partial charge in [-0.15, -0.1) is 0 Å². The highest BCUT2D eigenvalue weighted by atomic mass is 19.1. The number of hydrogen-bond donors (Lipinski definition) is 2. The monoisotopic (exact) mass is 378 g/mol. The van der Waals surface area contributed by atoms with Crippen molar-refractivity contribution >= 4 is 29.2 Å². The first-order chi connectivity index (χ1) is 13.5. The van der Waals surface area contributed by atoms with Gasteiger partial charge in [0, 0.05) is 24.5 Å². The zero-order chi connectivity index (χ0) is 19.5. The van der Waals surface area contributed by atoms with Crippen molar-refractivity contribution in [2.45, 2.75) is 26.7 Å². The summed E-state index contributed by atoms with van der Waals surface area (Å²) in [6, 6.07) is 12.5. The lowest BCUT2D eigenvalue weighted by atomic mass is 10.1. The van der Waals surface area contributed by atoms with E-state index in [2.05, 4.69) is 50.4 Å². The summed E-state index contributed by atoms with van der Waals surface area (Å²) in [6.45, 7) is 5.95. The van der Waals surface area contributed by atoms with Gasteiger partial charge in [-0.2, -0.15) is 15.0 Å². The van der Waals surface area contributed by atoms with Crippen molar-refractivity contribution in [1.29, 1.82) is 0 Å². The van der Waals surface area contributed by atoms with Gasteiger partial charge in [-0.05, 0) is 68.1 Å². The van der Waals surface area contributed by atoms with Gasteiger partial charge < -0.3 is 15.5 Å². The smallest absolute Gasteiger partial charge is 0.233 e. The molecule has 0 atom stereocenters. The van der Waals surface area contributed by atoms with Crippen LogP contribution in [0.25, 0.3) is 0 Å². The number of anilines is 5. The molecule has 0 unspecified atom stereocenters. The SMILES string of the molecule is Cc1cc(C)cc(Nc2nc(Nc3cccc(F)c3)nc(N3CCCC3)n2)c1. The first-order valence-electron chi connectivity index (χ1n) is 9.44. The molecular formula is C21H23FN6. The molecule has 0 radical (unpaired) electrons. The van der Waals surface area contributed by atoms with Crippen LogP contribution in [-0.2, 0) is 0 Å². The Bertz CT molecular complexity index is 964. The molecule has 28 heavy (non-hydrogen) atoms. The number of hydrogen-bond acceptors (Lipinski definition) is 6. The van der Waals surface area contributed by atoms with Crippen molar-refractivity contribution in [2.75, 3.05) is 28.6 Å². The fourth-order valence-electron chi connectivity index (χ4n) is 3.41. The molecule has 2 aromatic carbocycles. The third-order valence-corrected chi connectivity index (χ3v) is 4.57. The van der Waals surface area contributed by atoms with Crippen molar-refractivity contribution in [3.8, 4) is 0 Å². The van der Waals surface area contributed by atoms with Gasteiger partial charge in [0.1, 0.15) is 5.82 Å². The molecule has 0 saturated carbocycles. The maximum Gasteiger partial charge on any atom is 0.233 e. The molecule has 1 fully saturated rings. The van der Waals surface area contributed by atoms with Crippen LogP contribution in [0, 0.1) is 19.7 Å². The van der Waals surface area contributed by atoms with Crippen LogP contribution in [0.1, 0.15) is 24.0 Å². The summed E-state index contributed by atoms with van der Waals surface area (Å²) in [5.41, 5.74) is 3.84. The van der Waals surface area contributed by atoms with Crippen LogP contribution in [0.5, 0.6) is 0 Å². The van der Waals surface area contributed by atoms with E-state index in [0.717, 1.165) is 42.7 Å². The minimum Gasteiger partial charge on any atom is -0.341 e. The fraction of sp³-hybridized carbons (Fsp3) is 0.286. The summed E-state index contributed by atoms with van der Waals surface area (Å²) in [6.07, 6.45) is 2.25. The van der Waals surface area contributed by atoms with Crippen molar-refractivity contribution in [2.24, 2.45) is 0 Å². The molecule has 0 aliphatic carbocycles. The van der Waals surface area contributed by atoms with Crippen molar-refractivity contribution in [3.05, 3.63) is 59.4 Å². The Morgan fingerprint density at radius 2 is 1.46 bits per heavy atom. The Hall–Kier alpha value is -3.22. The highest BCUT2D eigenvalue weighted by Gasteiger charge is 2.18. The van der Waals surface area contributed by atoms with Crippen molar-refractivity contribution < 1.29 is 4.39 Å². The van der Waals surface area contributed by atoms with Gasteiger partial charge in [0.25, 0.3) is 0 Å². The molecule has 1 aliphatic rings. The number of benzene rings is 2. The van der Waals surface area contributed by atoms with E-state index >= 15 is 0 Å². The van der Waals surface area contributed by atoms with Crippen LogP contribution in [0.2, 0.25) is 0 Å². The van der Waals surface area contributed by atoms with Gasteiger partial charge in [-0.25, -0.2) is 4.39 Å². The highest BCUT2D eigenvalue weighted by molar-refractivity contribution is 5.60.